The summed E-state index contributed by atoms with van der Waals surface area (Å²) in [6.07, 6.45) is -0.614. The molecule has 1 aliphatic rings. The summed E-state index contributed by atoms with van der Waals surface area (Å²) in [6.45, 7) is 7.21. The number of carbonyl (C=O) groups is 2. The zero-order chi connectivity index (χ0) is 45.5. The molecular weight excluding hydrogens is 892 g/mol. The number of likely N-dealkylation sites (tertiary alicyclic amines) is 1. The summed E-state index contributed by atoms with van der Waals surface area (Å²) in [6, 6.07) is 56.3. The highest BCUT2D eigenvalue weighted by molar-refractivity contribution is 8.47. The Kier molecular flexibility index (Phi) is 15.0. The first-order valence-corrected chi connectivity index (χ1v) is 27.1. The van der Waals surface area contributed by atoms with Crippen LogP contribution in [-0.2, 0) is 25.4 Å². The zero-order valence-corrected chi connectivity index (χ0v) is 40.7. The van der Waals surface area contributed by atoms with Crippen LogP contribution < -0.4 is 26.3 Å². The van der Waals surface area contributed by atoms with Gasteiger partial charge in [-0.2, -0.15) is 0 Å². The number of benzene rings is 6. The van der Waals surface area contributed by atoms with E-state index in [0.717, 1.165) is 32.0 Å². The Morgan fingerprint density at radius 3 is 1.61 bits per heavy atom. The molecule has 64 heavy (non-hydrogen) atoms. The van der Waals surface area contributed by atoms with Gasteiger partial charge in [-0.1, -0.05) is 203 Å². The molecule has 0 radical (unpaired) electrons. The molecule has 0 bridgehead atoms. The summed E-state index contributed by atoms with van der Waals surface area (Å²) >= 11 is 8.98. The average molecular weight is 943 g/mol. The number of hydrogen-bond donors (Lipinski definition) is 0. The molecule has 0 saturated carbocycles. The molecule has 0 N–H and O–H groups in total. The fourth-order valence-corrected chi connectivity index (χ4v) is 20.6. The van der Waals surface area contributed by atoms with Crippen LogP contribution in [0.3, 0.4) is 0 Å². The van der Waals surface area contributed by atoms with Gasteiger partial charge in [0.2, 0.25) is 5.91 Å². The van der Waals surface area contributed by atoms with Crippen molar-refractivity contribution in [2.75, 3.05) is 5.75 Å². The molecule has 1 saturated heterocycles. The Labute approximate surface area is 391 Å². The number of carbonyl (C=O) groups excluding carboxylic acids is 2. The molecule has 6 aromatic rings. The van der Waals surface area contributed by atoms with E-state index in [0.29, 0.717) is 9.09 Å². The fourth-order valence-electron chi connectivity index (χ4n) is 8.66. The molecule has 328 valence electrons. The molecule has 1 heterocycles. The molecule has 13 heteroatoms. The molecule has 7 rings (SSSR count). The van der Waals surface area contributed by atoms with Crippen LogP contribution in [0.2, 0.25) is 5.04 Å². The van der Waals surface area contributed by atoms with Gasteiger partial charge < -0.3 is 9.16 Å². The lowest BCUT2D eigenvalue weighted by Gasteiger charge is -2.53. The van der Waals surface area contributed by atoms with Crippen molar-refractivity contribution in [2.45, 2.75) is 57.7 Å². The smallest absolute Gasteiger partial charge is 0.356 e. The molecular formula is C51H51N2O6PS3Si. The maximum absolute atomic E-state index is 15.7. The van der Waals surface area contributed by atoms with Gasteiger partial charge in [-0.25, -0.2) is 4.79 Å². The van der Waals surface area contributed by atoms with E-state index in [1.807, 2.05) is 141 Å². The second kappa shape index (κ2) is 20.4. The van der Waals surface area contributed by atoms with Crippen LogP contribution in [0.4, 0.5) is 5.69 Å². The summed E-state index contributed by atoms with van der Waals surface area (Å²) in [5.41, 5.74) is 0.712. The molecule has 1 amide bonds. The van der Waals surface area contributed by atoms with Crippen LogP contribution in [0.15, 0.2) is 176 Å². The first-order valence-electron chi connectivity index (χ1n) is 21.1. The Hall–Kier alpha value is -5.07. The minimum atomic E-state index is -3.27. The number of nitro benzene ring substituents is 1. The van der Waals surface area contributed by atoms with Gasteiger partial charge in [-0.3, -0.25) is 19.8 Å². The number of amides is 1. The van der Waals surface area contributed by atoms with Gasteiger partial charge in [-0.05, 0) is 61.7 Å². The van der Waals surface area contributed by atoms with Crippen molar-refractivity contribution in [3.05, 3.63) is 192 Å². The van der Waals surface area contributed by atoms with Gasteiger partial charge in [0, 0.05) is 19.0 Å². The third-order valence-electron chi connectivity index (χ3n) is 11.5. The Morgan fingerprint density at radius 1 is 0.766 bits per heavy atom. The predicted octanol–water partition coefficient (Wildman–Crippen LogP) is 9.28. The largest absolute Gasteiger partial charge is 0.456 e. The van der Waals surface area contributed by atoms with Crippen molar-refractivity contribution < 1.29 is 23.7 Å². The second-order valence-corrected chi connectivity index (χ2v) is 27.6. The minimum Gasteiger partial charge on any atom is -0.456 e. The van der Waals surface area contributed by atoms with E-state index in [2.05, 4.69) is 45.0 Å². The summed E-state index contributed by atoms with van der Waals surface area (Å²) in [7, 11) is -3.15. The molecule has 3 atom stereocenters. The van der Waals surface area contributed by atoms with Crippen LogP contribution in [0.25, 0.3) is 0 Å². The van der Waals surface area contributed by atoms with Crippen molar-refractivity contribution in [1.29, 1.82) is 0 Å². The molecule has 3 unspecified atom stereocenters. The zero-order valence-electron chi connectivity index (χ0n) is 36.4. The monoisotopic (exact) mass is 942 g/mol. The van der Waals surface area contributed by atoms with Crippen LogP contribution in [-0.4, -0.2) is 56.2 Å². The number of ether oxygens (including phenoxy) is 1. The van der Waals surface area contributed by atoms with Gasteiger partial charge in [0.25, 0.3) is 14.0 Å². The summed E-state index contributed by atoms with van der Waals surface area (Å²) in [5.74, 6) is -0.908. The Bertz CT molecular complexity index is 2490. The molecule has 1 aliphatic heterocycles. The number of esters is 1. The number of thioether (sulfide) groups is 2. The van der Waals surface area contributed by atoms with E-state index < -0.39 is 43.5 Å². The van der Waals surface area contributed by atoms with Crippen molar-refractivity contribution in [3.63, 3.8) is 0 Å². The Morgan fingerprint density at radius 2 is 1.20 bits per heavy atom. The Balaban J connectivity index is 1.47. The highest BCUT2D eigenvalue weighted by atomic mass is 32.2. The van der Waals surface area contributed by atoms with E-state index in [1.54, 1.807) is 17.0 Å². The third kappa shape index (κ3) is 9.23. The van der Waals surface area contributed by atoms with E-state index >= 15 is 9.59 Å². The maximum atomic E-state index is 15.7. The first-order chi connectivity index (χ1) is 30.8. The van der Waals surface area contributed by atoms with Crippen LogP contribution in [0, 0.1) is 16.0 Å². The van der Waals surface area contributed by atoms with Crippen molar-refractivity contribution >= 4 is 104 Å². The van der Waals surface area contributed by atoms with Gasteiger partial charge in [0.1, 0.15) is 20.9 Å². The normalized spacial score (nSPS) is 15.8. The number of β-lactam (4-membered cyclic amide) rings is 1. The quantitative estimate of drug-likeness (QED) is 0.0190. The van der Waals surface area contributed by atoms with Crippen molar-refractivity contribution in [2.24, 2.45) is 5.92 Å². The van der Waals surface area contributed by atoms with Crippen molar-refractivity contribution in [3.8, 4) is 0 Å². The van der Waals surface area contributed by atoms with E-state index in [1.165, 1.54) is 35.7 Å². The number of non-ortho nitro benzene ring substituents is 1. The summed E-state index contributed by atoms with van der Waals surface area (Å²) in [5, 5.41) is 15.2. The lowest BCUT2D eigenvalue weighted by molar-refractivity contribution is -0.384. The second-order valence-electron chi connectivity index (χ2n) is 16.4. The minimum absolute atomic E-state index is 0.0723. The number of nitrogens with zero attached hydrogens (tertiary/aromatic N) is 2. The van der Waals surface area contributed by atoms with Crippen LogP contribution >= 0.6 is 42.6 Å². The SMILES string of the molecule is CCSC(=S)SC1C(C(C)O[Si](c2ccccc2)(c2ccccc2)C(C)(C)C)C(=O)N1C(C(=O)OCc1ccc([N+](=O)[O-])cc1)=P(c1ccccc1)(c1ccccc1)c1ccccc1. The van der Waals surface area contributed by atoms with Crippen LogP contribution in [0.1, 0.15) is 40.2 Å². The van der Waals surface area contributed by atoms with E-state index in [4.69, 9.17) is 21.4 Å². The maximum Gasteiger partial charge on any atom is 0.356 e. The van der Waals surface area contributed by atoms with Crippen LogP contribution in [0.5, 0.6) is 0 Å². The van der Waals surface area contributed by atoms with E-state index in [9.17, 15) is 10.1 Å². The highest BCUT2D eigenvalue weighted by Crippen LogP contribution is 2.52. The number of rotatable bonds is 15. The van der Waals surface area contributed by atoms with Gasteiger partial charge in [0.15, 0.2) is 0 Å². The molecule has 1 fully saturated rings. The molecule has 0 aromatic heterocycles. The summed E-state index contributed by atoms with van der Waals surface area (Å²) in [4.78, 5) is 44.0. The molecule has 8 nitrogen and oxygen atoms in total. The topological polar surface area (TPSA) is 99.0 Å². The predicted molar refractivity (Wildman–Crippen MR) is 274 cm³/mol. The molecule has 0 aliphatic carbocycles. The lowest BCUT2D eigenvalue weighted by Crippen LogP contribution is -2.72. The number of thiocarbonyl (C=S) groups is 1. The number of hydrogen-bond acceptors (Lipinski definition) is 9. The van der Waals surface area contributed by atoms with Gasteiger partial charge in [-0.15, -0.1) is 11.8 Å². The summed E-state index contributed by atoms with van der Waals surface area (Å²) < 4.78 is 14.6. The lowest BCUT2D eigenvalue weighted by atomic mass is 9.93. The average Bonchev–Trinajstić information content (AvgIpc) is 3.31. The standard InChI is InChI=1S/C51H51N2O6PS3Si/c1-6-62-50(61)63-48-45(37(2)59-64(51(3,4)5,43-28-18-10-19-29-43)44-30-20-11-21-31-44)46(54)52(48)47(49(55)58-36-38-32-34-39(35-33-38)53(56)57)60(40-22-12-7-13-23-40,41-24-14-8-15-25-41)42-26-16-9-17-27-42/h7-35,37,45,48H,6,36H2,1-5H3. The molecule has 0 spiro atoms. The van der Waals surface area contributed by atoms with Gasteiger partial charge in [0.05, 0.1) is 16.9 Å². The first kappa shape index (κ1) is 46.9. The highest BCUT2D eigenvalue weighted by Gasteiger charge is 2.59. The van der Waals surface area contributed by atoms with Gasteiger partial charge >= 0.3 is 5.97 Å². The number of nitro groups is 1. The fraction of sp³-hybridized carbons (Fsp3) is 0.216. The molecule has 6 aromatic carbocycles. The van der Waals surface area contributed by atoms with E-state index in [-0.39, 0.29) is 28.7 Å². The third-order valence-corrected chi connectivity index (χ3v) is 23.7. The van der Waals surface area contributed by atoms with Crippen molar-refractivity contribution in [1.82, 2.24) is 4.90 Å².